The summed E-state index contributed by atoms with van der Waals surface area (Å²) in [5.41, 5.74) is 2.13. The van der Waals surface area contributed by atoms with Crippen LogP contribution in [-0.2, 0) is 19.0 Å². The maximum absolute atomic E-state index is 13.6. The quantitative estimate of drug-likeness (QED) is 0.657. The van der Waals surface area contributed by atoms with Crippen LogP contribution < -0.4 is 0 Å². The summed E-state index contributed by atoms with van der Waals surface area (Å²) in [5, 5.41) is 11.3. The van der Waals surface area contributed by atoms with Crippen LogP contribution in [0.3, 0.4) is 0 Å². The number of carbonyl (C=O) groups excluding carboxylic acids is 3. The molecular formula is C23H22O7. The molecule has 2 saturated heterocycles. The summed E-state index contributed by atoms with van der Waals surface area (Å²) >= 11 is 0. The molecule has 30 heavy (non-hydrogen) atoms. The highest BCUT2D eigenvalue weighted by Gasteiger charge is 2.53. The Balaban J connectivity index is 1.57. The summed E-state index contributed by atoms with van der Waals surface area (Å²) in [7, 11) is 0. The fourth-order valence-corrected chi connectivity index (χ4v) is 6.24. The number of esters is 1. The molecule has 6 aliphatic rings. The van der Waals surface area contributed by atoms with Crippen LogP contribution in [0.4, 0.5) is 0 Å². The summed E-state index contributed by atoms with van der Waals surface area (Å²) in [5.74, 6) is -1.08. The number of ether oxygens (including phenoxy) is 3. The van der Waals surface area contributed by atoms with E-state index in [1.807, 2.05) is 6.92 Å². The highest BCUT2D eigenvalue weighted by atomic mass is 16.6. The molecule has 7 nitrogen and oxygen atoms in total. The predicted molar refractivity (Wildman–Crippen MR) is 102 cm³/mol. The van der Waals surface area contributed by atoms with E-state index in [4.69, 9.17) is 14.2 Å². The number of Topliss-reactive ketones (excluding diaryl/α,β-unsaturated/α-hetero) is 2. The minimum Gasteiger partial charge on any atom is -0.507 e. The third-order valence-corrected chi connectivity index (χ3v) is 7.42. The smallest absolute Gasteiger partial charge is 0.309 e. The number of phenolic OH excluding ortho intramolecular Hbond substituents is 1. The fraction of sp³-hybridized carbons (Fsp3) is 0.522. The van der Waals surface area contributed by atoms with Crippen LogP contribution in [0, 0.1) is 5.92 Å². The summed E-state index contributed by atoms with van der Waals surface area (Å²) < 4.78 is 17.3. The van der Waals surface area contributed by atoms with E-state index in [1.165, 1.54) is 0 Å². The van der Waals surface area contributed by atoms with E-state index in [0.717, 1.165) is 17.5 Å². The number of fused-ring (bicyclic) bond motifs is 5. The third kappa shape index (κ3) is 2.09. The van der Waals surface area contributed by atoms with Gasteiger partial charge in [-0.1, -0.05) is 6.92 Å². The van der Waals surface area contributed by atoms with Crippen molar-refractivity contribution in [3.63, 3.8) is 0 Å². The summed E-state index contributed by atoms with van der Waals surface area (Å²) in [6.07, 6.45) is -1.53. The molecule has 7 heteroatoms. The van der Waals surface area contributed by atoms with Crippen molar-refractivity contribution >= 4 is 17.5 Å². The largest absolute Gasteiger partial charge is 0.507 e. The van der Waals surface area contributed by atoms with Crippen molar-refractivity contribution in [2.24, 2.45) is 5.92 Å². The van der Waals surface area contributed by atoms with Crippen molar-refractivity contribution in [2.75, 3.05) is 0 Å². The van der Waals surface area contributed by atoms with Crippen LogP contribution in [0.2, 0.25) is 0 Å². The minimum atomic E-state index is -0.876. The first-order valence-corrected chi connectivity index (χ1v) is 10.5. The van der Waals surface area contributed by atoms with E-state index in [-0.39, 0.29) is 58.4 Å². The van der Waals surface area contributed by atoms with Gasteiger partial charge in [-0.3, -0.25) is 14.4 Å². The lowest BCUT2D eigenvalue weighted by Gasteiger charge is -2.47. The topological polar surface area (TPSA) is 99.1 Å². The first-order valence-electron chi connectivity index (χ1n) is 10.5. The molecule has 1 aromatic rings. The standard InChI is InChI=1S/C23H22O7/c1-7-4-12-10-5-11-18(22(27)17(10)15(7)8(2)28-12)21(26)16-9(3)29-13-6-14(24)30-23(13)19(16)20(11)25/h5,7-9,12-13,15,23,27H,4,6H2,1-3H3/t7-,8-,9+,12?,13+,15?,23?/m1/s1. The predicted octanol–water partition coefficient (Wildman–Crippen LogP) is 2.75. The van der Waals surface area contributed by atoms with Crippen LogP contribution >= 0.6 is 0 Å². The Morgan fingerprint density at radius 1 is 1.03 bits per heavy atom. The highest BCUT2D eigenvalue weighted by Crippen LogP contribution is 2.56. The van der Waals surface area contributed by atoms with Crippen molar-refractivity contribution < 1.29 is 33.7 Å². The Bertz CT molecular complexity index is 1070. The molecule has 7 atom stereocenters. The Hall–Kier alpha value is -2.51. The number of rotatable bonds is 0. The zero-order valence-electron chi connectivity index (χ0n) is 16.9. The molecule has 0 spiro atoms. The van der Waals surface area contributed by atoms with Gasteiger partial charge in [0.1, 0.15) is 11.9 Å². The number of carbonyl (C=O) groups is 3. The average Bonchev–Trinajstić information content (AvgIpc) is 3.04. The average molecular weight is 410 g/mol. The molecule has 1 N–H and O–H groups in total. The molecule has 4 aliphatic heterocycles. The molecule has 2 fully saturated rings. The number of hydrogen-bond acceptors (Lipinski definition) is 7. The van der Waals surface area contributed by atoms with E-state index in [2.05, 4.69) is 6.92 Å². The lowest BCUT2D eigenvalue weighted by atomic mass is 9.66. The SMILES string of the molecule is C[C@@H]1O[C@H]2CC(=O)OC2C2=C1C(=O)c1c(cc3c(c1O)C1[C@H](C)CC3O[C@@H]1C)C2=O. The fourth-order valence-electron chi connectivity index (χ4n) is 6.24. The van der Waals surface area contributed by atoms with Gasteiger partial charge in [0.15, 0.2) is 17.7 Å². The number of hydrogen-bond donors (Lipinski definition) is 1. The Morgan fingerprint density at radius 3 is 2.53 bits per heavy atom. The number of phenols is 1. The van der Waals surface area contributed by atoms with Crippen molar-refractivity contribution in [2.45, 2.75) is 70.1 Å². The second-order valence-corrected chi connectivity index (χ2v) is 9.14. The van der Waals surface area contributed by atoms with Crippen LogP contribution in [0.25, 0.3) is 0 Å². The maximum Gasteiger partial charge on any atom is 0.309 e. The van der Waals surface area contributed by atoms with Gasteiger partial charge in [-0.2, -0.15) is 0 Å². The monoisotopic (exact) mass is 410 g/mol. The second-order valence-electron chi connectivity index (χ2n) is 9.14. The van der Waals surface area contributed by atoms with E-state index >= 15 is 0 Å². The van der Waals surface area contributed by atoms with Gasteiger partial charge in [0.2, 0.25) is 0 Å². The van der Waals surface area contributed by atoms with E-state index in [0.29, 0.717) is 5.92 Å². The maximum atomic E-state index is 13.6. The number of benzene rings is 1. The van der Waals surface area contributed by atoms with E-state index in [9.17, 15) is 19.5 Å². The van der Waals surface area contributed by atoms with Gasteiger partial charge < -0.3 is 19.3 Å². The molecule has 3 unspecified atom stereocenters. The number of ketones is 2. The second kappa shape index (κ2) is 5.80. The summed E-state index contributed by atoms with van der Waals surface area (Å²) in [4.78, 5) is 38.9. The normalized spacial score (nSPS) is 38.8. The Morgan fingerprint density at radius 2 is 1.80 bits per heavy atom. The van der Waals surface area contributed by atoms with Crippen molar-refractivity contribution in [1.29, 1.82) is 0 Å². The van der Waals surface area contributed by atoms with Crippen molar-refractivity contribution in [3.05, 3.63) is 39.5 Å². The lowest BCUT2D eigenvalue weighted by Crippen LogP contribution is -2.45. The van der Waals surface area contributed by atoms with Crippen LogP contribution in [0.5, 0.6) is 5.75 Å². The minimum absolute atomic E-state index is 0.0335. The first kappa shape index (κ1) is 18.3. The van der Waals surface area contributed by atoms with Gasteiger partial charge in [0.25, 0.3) is 0 Å². The third-order valence-electron chi connectivity index (χ3n) is 7.42. The molecule has 0 aromatic heterocycles. The van der Waals surface area contributed by atoms with Gasteiger partial charge in [0, 0.05) is 22.6 Å². The van der Waals surface area contributed by atoms with Gasteiger partial charge >= 0.3 is 5.97 Å². The van der Waals surface area contributed by atoms with Gasteiger partial charge in [0.05, 0.1) is 35.9 Å². The zero-order chi connectivity index (χ0) is 21.1. The molecule has 2 aliphatic carbocycles. The molecule has 2 bridgehead atoms. The number of aromatic hydroxyl groups is 1. The van der Waals surface area contributed by atoms with Gasteiger partial charge in [-0.15, -0.1) is 0 Å². The van der Waals surface area contributed by atoms with E-state index in [1.54, 1.807) is 13.0 Å². The molecule has 0 radical (unpaired) electrons. The molecule has 7 rings (SSSR count). The van der Waals surface area contributed by atoms with Gasteiger partial charge in [-0.25, -0.2) is 0 Å². The van der Waals surface area contributed by atoms with Gasteiger partial charge in [-0.05, 0) is 37.8 Å². The Kier molecular flexibility index (Phi) is 3.53. The van der Waals surface area contributed by atoms with Crippen LogP contribution in [0.15, 0.2) is 17.2 Å². The lowest BCUT2D eigenvalue weighted by molar-refractivity contribution is -0.140. The van der Waals surface area contributed by atoms with Crippen molar-refractivity contribution in [1.82, 2.24) is 0 Å². The first-order chi connectivity index (χ1) is 14.3. The molecule has 0 saturated carbocycles. The molecule has 0 amide bonds. The molecule has 4 heterocycles. The molecule has 156 valence electrons. The van der Waals surface area contributed by atoms with Crippen LogP contribution in [0.1, 0.15) is 77.5 Å². The van der Waals surface area contributed by atoms with Crippen LogP contribution in [-0.4, -0.2) is 47.1 Å². The Labute approximate surface area is 173 Å². The summed E-state index contributed by atoms with van der Waals surface area (Å²) in [6, 6.07) is 1.72. The van der Waals surface area contributed by atoms with Crippen molar-refractivity contribution in [3.8, 4) is 5.75 Å². The molecule has 1 aromatic carbocycles. The highest BCUT2D eigenvalue weighted by molar-refractivity contribution is 6.29. The molecular weight excluding hydrogens is 388 g/mol. The van der Waals surface area contributed by atoms with E-state index < -0.39 is 30.1 Å². The summed E-state index contributed by atoms with van der Waals surface area (Å²) in [6.45, 7) is 5.80. The zero-order valence-corrected chi connectivity index (χ0v) is 16.9.